The molecule has 2 atom stereocenters. The topological polar surface area (TPSA) is 115 Å². The molecule has 0 amide bonds. The molecule has 0 saturated heterocycles. The molecule has 3 aromatic rings. The van der Waals surface area contributed by atoms with Gasteiger partial charge in [-0.05, 0) is 43.2 Å². The Morgan fingerprint density at radius 2 is 1.95 bits per heavy atom. The van der Waals surface area contributed by atoms with Crippen LogP contribution >= 0.6 is 23.4 Å². The molecule has 2 aromatic carbocycles. The molecule has 43 heavy (non-hydrogen) atoms. The van der Waals surface area contributed by atoms with E-state index in [0.717, 1.165) is 4.57 Å². The number of para-hydroxylation sites is 1. The fourth-order valence-corrected chi connectivity index (χ4v) is 6.66. The van der Waals surface area contributed by atoms with E-state index >= 15 is 0 Å². The fourth-order valence-electron chi connectivity index (χ4n) is 4.96. The molecule has 0 bridgehead atoms. The summed E-state index contributed by atoms with van der Waals surface area (Å²) in [5.74, 6) is 0.163. The van der Waals surface area contributed by atoms with E-state index in [1.807, 2.05) is 6.07 Å². The Morgan fingerprint density at radius 3 is 2.67 bits per heavy atom. The second-order valence-electron chi connectivity index (χ2n) is 9.52. The number of rotatable bonds is 10. The maximum absolute atomic E-state index is 14.3. The monoisotopic (exact) mass is 639 g/mol. The van der Waals surface area contributed by atoms with Crippen LogP contribution in [0.3, 0.4) is 0 Å². The number of nitrogens with zero attached hydrogens (tertiary/aromatic N) is 5. The molecule has 0 radical (unpaired) electrons. The van der Waals surface area contributed by atoms with Crippen LogP contribution in [0.4, 0.5) is 13.2 Å². The zero-order valence-corrected chi connectivity index (χ0v) is 25.0. The summed E-state index contributed by atoms with van der Waals surface area (Å²) < 4.78 is 60.1. The van der Waals surface area contributed by atoms with E-state index in [0.29, 0.717) is 59.5 Å². The minimum atomic E-state index is -4.76. The first kappa shape index (κ1) is 30.8. The third-order valence-corrected chi connectivity index (χ3v) is 8.60. The molecule has 0 aliphatic carbocycles. The minimum Gasteiger partial charge on any atom is -0.493 e. The van der Waals surface area contributed by atoms with Gasteiger partial charge in [0.15, 0.2) is 17.3 Å². The lowest BCUT2D eigenvalue weighted by atomic mass is 10.0. The van der Waals surface area contributed by atoms with Crippen molar-refractivity contribution in [3.05, 3.63) is 64.2 Å². The van der Waals surface area contributed by atoms with Gasteiger partial charge < -0.3 is 14.2 Å². The van der Waals surface area contributed by atoms with Gasteiger partial charge in [0.05, 0.1) is 43.4 Å². The van der Waals surface area contributed by atoms with Gasteiger partial charge in [-0.25, -0.2) is 5.53 Å². The number of alkyl halides is 3. The number of halogens is 4. The summed E-state index contributed by atoms with van der Waals surface area (Å²) in [6.45, 7) is 2.34. The number of hydrazone groups is 1. The Bertz CT molecular complexity index is 1520. The van der Waals surface area contributed by atoms with Crippen LogP contribution in [-0.4, -0.2) is 59.1 Å². The lowest BCUT2D eigenvalue weighted by molar-refractivity contribution is -0.146. The molecule has 5 rings (SSSR count). The summed E-state index contributed by atoms with van der Waals surface area (Å²) in [4.78, 5) is 11.7. The van der Waals surface area contributed by atoms with Gasteiger partial charge in [0.2, 0.25) is 5.82 Å². The Hall–Kier alpha value is -3.69. The Kier molecular flexibility index (Phi) is 9.22. The van der Waals surface area contributed by atoms with Crippen LogP contribution in [0.5, 0.6) is 11.5 Å². The molecule has 0 spiro atoms. The van der Waals surface area contributed by atoms with Crippen LogP contribution in [0.1, 0.15) is 59.5 Å². The summed E-state index contributed by atoms with van der Waals surface area (Å²) in [5.41, 5.74) is 7.43. The van der Waals surface area contributed by atoms with Crippen LogP contribution in [0.25, 0.3) is 5.69 Å². The standard InChI is InChI=1S/C27H29ClF3N7O4S/c1-4-42-22(39)11-10-21-32-36-37(35-21)13-12-20-25-33-34-26(27(29,30)31)38(25)18-9-8-15(28)14-17(18)24(43-20)16-6-5-7-19(40-2)23(16)41-3/h5-9,14,20,24,36H,4,10-13H2,1-3H3,(H,32,35)/t20-,24-/m1/s1. The van der Waals surface area contributed by atoms with Gasteiger partial charge in [-0.15, -0.1) is 32.2 Å². The van der Waals surface area contributed by atoms with E-state index in [-0.39, 0.29) is 23.9 Å². The number of hydrazine groups is 2. The third-order valence-electron chi connectivity index (χ3n) is 6.81. The predicted molar refractivity (Wildman–Crippen MR) is 154 cm³/mol. The lowest BCUT2D eigenvalue weighted by Crippen LogP contribution is -2.42. The number of methoxy groups -OCH3 is 2. The summed E-state index contributed by atoms with van der Waals surface area (Å²) in [6.07, 6.45) is -3.93. The zero-order chi connectivity index (χ0) is 30.7. The molecule has 0 saturated carbocycles. The molecule has 2 N–H and O–H groups in total. The van der Waals surface area contributed by atoms with Crippen molar-refractivity contribution < 1.29 is 32.2 Å². The summed E-state index contributed by atoms with van der Waals surface area (Å²) in [5, 5.41) is 12.7. The number of nitrogens with one attached hydrogen (secondary N) is 2. The highest BCUT2D eigenvalue weighted by Gasteiger charge is 2.43. The van der Waals surface area contributed by atoms with Crippen molar-refractivity contribution in [2.45, 2.75) is 42.9 Å². The van der Waals surface area contributed by atoms with Crippen molar-refractivity contribution >= 4 is 35.2 Å². The number of thioether (sulfide) groups is 1. The normalized spacial score (nSPS) is 18.1. The summed E-state index contributed by atoms with van der Waals surface area (Å²) in [7, 11) is 3.03. The number of carbonyl (C=O) groups excluding carboxylic acids is 1. The number of esters is 1. The molecule has 230 valence electrons. The molecular formula is C27H29ClF3N7O4S. The SMILES string of the molecule is CCOC(=O)CCC1=NNN(CC[C@H]2S[C@H](c3cccc(OC)c3OC)c3cc(Cl)ccc3-n3c2nnc3C(F)(F)F)N1. The number of hydrogen-bond donors (Lipinski definition) is 2. The van der Waals surface area contributed by atoms with Gasteiger partial charge in [-0.3, -0.25) is 14.8 Å². The van der Waals surface area contributed by atoms with Crippen LogP contribution in [0, 0.1) is 0 Å². The number of aromatic nitrogens is 3. The molecule has 16 heteroatoms. The maximum Gasteiger partial charge on any atom is 0.452 e. The van der Waals surface area contributed by atoms with Crippen molar-refractivity contribution in [1.82, 2.24) is 30.8 Å². The average molecular weight is 640 g/mol. The number of fused-ring (bicyclic) bond motifs is 3. The van der Waals surface area contributed by atoms with Gasteiger partial charge in [0, 0.05) is 23.6 Å². The number of amidine groups is 1. The van der Waals surface area contributed by atoms with Crippen molar-refractivity contribution in [1.29, 1.82) is 0 Å². The average Bonchev–Trinajstić information content (AvgIpc) is 3.61. The van der Waals surface area contributed by atoms with Crippen LogP contribution in [0.15, 0.2) is 41.5 Å². The highest BCUT2D eigenvalue weighted by atomic mass is 35.5. The van der Waals surface area contributed by atoms with E-state index in [1.54, 1.807) is 42.4 Å². The van der Waals surface area contributed by atoms with Gasteiger partial charge in [-0.2, -0.15) is 13.2 Å². The Labute approximate surface area is 254 Å². The first-order valence-electron chi connectivity index (χ1n) is 13.3. The molecule has 1 aromatic heterocycles. The predicted octanol–water partition coefficient (Wildman–Crippen LogP) is 5.21. The quantitative estimate of drug-likeness (QED) is 0.287. The molecule has 0 unspecified atom stereocenters. The van der Waals surface area contributed by atoms with Crippen LogP contribution in [0.2, 0.25) is 5.02 Å². The van der Waals surface area contributed by atoms with Crippen LogP contribution in [-0.2, 0) is 15.7 Å². The smallest absolute Gasteiger partial charge is 0.452 e. The Morgan fingerprint density at radius 1 is 1.14 bits per heavy atom. The number of benzene rings is 2. The first-order valence-corrected chi connectivity index (χ1v) is 14.7. The largest absolute Gasteiger partial charge is 0.493 e. The second kappa shape index (κ2) is 12.9. The molecule has 2 aliphatic rings. The fraction of sp³-hybridized carbons (Fsp3) is 0.407. The molecule has 11 nitrogen and oxygen atoms in total. The number of ether oxygens (including phenoxy) is 3. The third kappa shape index (κ3) is 6.48. The van der Waals surface area contributed by atoms with Crippen molar-refractivity contribution in [3.8, 4) is 17.2 Å². The van der Waals surface area contributed by atoms with E-state index in [4.69, 9.17) is 25.8 Å². The van der Waals surface area contributed by atoms with Gasteiger partial charge in [0.1, 0.15) is 5.84 Å². The number of hydrogen-bond acceptors (Lipinski definition) is 11. The summed E-state index contributed by atoms with van der Waals surface area (Å²) in [6, 6.07) is 10.2. The van der Waals surface area contributed by atoms with Gasteiger partial charge >= 0.3 is 12.1 Å². The Balaban J connectivity index is 1.49. The summed E-state index contributed by atoms with van der Waals surface area (Å²) >= 11 is 7.82. The molecule has 3 heterocycles. The van der Waals surface area contributed by atoms with Crippen LogP contribution < -0.4 is 20.4 Å². The minimum absolute atomic E-state index is 0.146. The molecule has 0 fully saturated rings. The molecular weight excluding hydrogens is 611 g/mol. The maximum atomic E-state index is 14.3. The van der Waals surface area contributed by atoms with E-state index in [2.05, 4.69) is 26.3 Å². The van der Waals surface area contributed by atoms with Crippen molar-refractivity contribution in [2.24, 2.45) is 5.10 Å². The number of carbonyl (C=O) groups is 1. The lowest BCUT2D eigenvalue weighted by Gasteiger charge is -2.25. The van der Waals surface area contributed by atoms with E-state index in [1.165, 1.54) is 26.0 Å². The zero-order valence-electron chi connectivity index (χ0n) is 23.4. The second-order valence-corrected chi connectivity index (χ2v) is 11.3. The highest BCUT2D eigenvalue weighted by molar-refractivity contribution is 8.00. The first-order chi connectivity index (χ1) is 20.6. The highest BCUT2D eigenvalue weighted by Crippen LogP contribution is 2.54. The van der Waals surface area contributed by atoms with E-state index < -0.39 is 22.5 Å². The van der Waals surface area contributed by atoms with Gasteiger partial charge in [0.25, 0.3) is 0 Å². The van der Waals surface area contributed by atoms with Gasteiger partial charge in [-0.1, -0.05) is 23.7 Å². The van der Waals surface area contributed by atoms with Crippen molar-refractivity contribution in [3.63, 3.8) is 0 Å². The van der Waals surface area contributed by atoms with E-state index in [9.17, 15) is 18.0 Å². The molecule has 2 aliphatic heterocycles. The van der Waals surface area contributed by atoms with Crippen molar-refractivity contribution in [2.75, 3.05) is 27.4 Å².